The Hall–Kier alpha value is -2.28. The van der Waals surface area contributed by atoms with Gasteiger partial charge in [0.25, 0.3) is 0 Å². The van der Waals surface area contributed by atoms with Crippen molar-refractivity contribution in [2.45, 2.75) is 65.1 Å². The molecule has 0 unspecified atom stereocenters. The molecule has 0 aromatic heterocycles. The van der Waals surface area contributed by atoms with Crippen molar-refractivity contribution in [3.63, 3.8) is 0 Å². The molecule has 1 aliphatic heterocycles. The normalized spacial score (nSPS) is 17.5. The summed E-state index contributed by atoms with van der Waals surface area (Å²) in [5.74, 6) is -3.44. The molecule has 12 heteroatoms. The maximum absolute atomic E-state index is 10.2. The highest BCUT2D eigenvalue weighted by Gasteiger charge is 2.20. The van der Waals surface area contributed by atoms with Gasteiger partial charge in [0.05, 0.1) is 6.54 Å². The molecule has 1 heterocycles. The third kappa shape index (κ3) is 19.1. The summed E-state index contributed by atoms with van der Waals surface area (Å²) in [6, 6.07) is -1.68. The highest BCUT2D eigenvalue weighted by molar-refractivity contribution is 5.74. The van der Waals surface area contributed by atoms with E-state index in [0.29, 0.717) is 0 Å². The minimum Gasteiger partial charge on any atom is -0.480 e. The summed E-state index contributed by atoms with van der Waals surface area (Å²) in [6.07, 6.45) is 2.60. The fourth-order valence-electron chi connectivity index (χ4n) is 1.68. The molecule has 0 radical (unpaired) electrons. The average molecular weight is 439 g/mol. The molecule has 30 heavy (non-hydrogen) atoms. The zero-order valence-corrected chi connectivity index (χ0v) is 18.1. The van der Waals surface area contributed by atoms with E-state index < -0.39 is 36.0 Å². The smallest absolute Gasteiger partial charge is 0.320 e. The standard InChI is InChI=1S/C6H13NO2.C5H9NO2.C5H11NO2.C2H5NO2/c1-3-4(2)5(7)6(8)9;7-5(8)4-2-1-3-6-4;1-3(2)4(6)5(7)8;3-1-2(4)5/h4-5H,3,7H2,1-2H3,(H,8,9);4,6H,1-3H2,(H,7,8);3-4H,6H2,1-2H3,(H,7,8);1,3H2,(H,4,5)/t4-,5-;2*4-;/m000./s1. The van der Waals surface area contributed by atoms with Crippen LogP contribution in [-0.2, 0) is 19.2 Å². The summed E-state index contributed by atoms with van der Waals surface area (Å²) < 4.78 is 0. The van der Waals surface area contributed by atoms with Crippen LogP contribution in [0.1, 0.15) is 47.0 Å². The second kappa shape index (κ2) is 18.7. The lowest BCUT2D eigenvalue weighted by Gasteiger charge is -2.11. The van der Waals surface area contributed by atoms with Gasteiger partial charge in [0.1, 0.15) is 18.1 Å². The van der Waals surface area contributed by atoms with E-state index >= 15 is 0 Å². The SMILES string of the molecule is CC(C)[C@H](N)C(=O)O.CC[C@H](C)[C@H](N)C(=O)O.NCC(=O)O.O=C(O)[C@@H]1CCCN1. The molecule has 178 valence electrons. The Morgan fingerprint density at radius 1 is 0.967 bits per heavy atom. The van der Waals surface area contributed by atoms with E-state index in [2.05, 4.69) is 11.1 Å². The highest BCUT2D eigenvalue weighted by Crippen LogP contribution is 2.04. The maximum Gasteiger partial charge on any atom is 0.320 e. The van der Waals surface area contributed by atoms with Crippen molar-refractivity contribution in [3.05, 3.63) is 0 Å². The molecule has 1 rings (SSSR count). The lowest BCUT2D eigenvalue weighted by atomic mass is 10.0. The van der Waals surface area contributed by atoms with Gasteiger partial charge in [-0.15, -0.1) is 0 Å². The first-order chi connectivity index (χ1) is 13.7. The third-order valence-corrected chi connectivity index (χ3v) is 4.08. The van der Waals surface area contributed by atoms with E-state index in [-0.39, 0.29) is 24.4 Å². The van der Waals surface area contributed by atoms with Crippen LogP contribution in [0.25, 0.3) is 0 Å². The van der Waals surface area contributed by atoms with Gasteiger partial charge < -0.3 is 42.9 Å². The van der Waals surface area contributed by atoms with Crippen LogP contribution in [0.3, 0.4) is 0 Å². The second-order valence-electron chi connectivity index (χ2n) is 6.94. The van der Waals surface area contributed by atoms with Crippen molar-refractivity contribution >= 4 is 23.9 Å². The second-order valence-corrected chi connectivity index (χ2v) is 6.94. The van der Waals surface area contributed by atoms with Gasteiger partial charge in [-0.3, -0.25) is 19.2 Å². The molecule has 1 saturated heterocycles. The van der Waals surface area contributed by atoms with E-state index in [9.17, 15) is 19.2 Å². The molecular weight excluding hydrogens is 400 g/mol. The fraction of sp³-hybridized carbons (Fsp3) is 0.778. The minimum absolute atomic E-state index is 0.0208. The zero-order valence-electron chi connectivity index (χ0n) is 18.1. The molecule has 0 amide bonds. The van der Waals surface area contributed by atoms with Gasteiger partial charge in [-0.05, 0) is 31.2 Å². The van der Waals surface area contributed by atoms with E-state index in [1.807, 2.05) is 13.8 Å². The van der Waals surface area contributed by atoms with Crippen LogP contribution in [0.15, 0.2) is 0 Å². The Balaban J connectivity index is -0.000000330. The summed E-state index contributed by atoms with van der Waals surface area (Å²) in [7, 11) is 0. The van der Waals surface area contributed by atoms with E-state index in [4.69, 9.17) is 31.9 Å². The van der Waals surface area contributed by atoms with Gasteiger partial charge >= 0.3 is 23.9 Å². The van der Waals surface area contributed by atoms with Gasteiger partial charge in [0, 0.05) is 0 Å². The van der Waals surface area contributed by atoms with Crippen LogP contribution >= 0.6 is 0 Å². The summed E-state index contributed by atoms with van der Waals surface area (Å²) in [6.45, 7) is 7.89. The summed E-state index contributed by atoms with van der Waals surface area (Å²) in [4.78, 5) is 39.6. The molecular formula is C18H38N4O8. The monoisotopic (exact) mass is 438 g/mol. The molecule has 0 aliphatic carbocycles. The molecule has 0 spiro atoms. The number of carboxylic acids is 4. The Kier molecular flexibility index (Phi) is 20.2. The van der Waals surface area contributed by atoms with E-state index in [0.717, 1.165) is 25.8 Å². The van der Waals surface area contributed by atoms with Crippen LogP contribution < -0.4 is 22.5 Å². The fourth-order valence-corrected chi connectivity index (χ4v) is 1.68. The molecule has 0 saturated carbocycles. The number of hydrogen-bond donors (Lipinski definition) is 8. The van der Waals surface area contributed by atoms with Crippen molar-refractivity contribution in [2.75, 3.05) is 13.1 Å². The average Bonchev–Trinajstić information content (AvgIpc) is 3.22. The first-order valence-corrected chi connectivity index (χ1v) is 9.57. The predicted molar refractivity (Wildman–Crippen MR) is 111 cm³/mol. The van der Waals surface area contributed by atoms with Crippen molar-refractivity contribution in [3.8, 4) is 0 Å². The van der Waals surface area contributed by atoms with E-state index in [1.165, 1.54) is 0 Å². The van der Waals surface area contributed by atoms with Crippen LogP contribution in [0.5, 0.6) is 0 Å². The van der Waals surface area contributed by atoms with Crippen molar-refractivity contribution in [1.29, 1.82) is 0 Å². The van der Waals surface area contributed by atoms with Crippen LogP contribution in [0.2, 0.25) is 0 Å². The maximum atomic E-state index is 10.2. The van der Waals surface area contributed by atoms with Gasteiger partial charge in [0.15, 0.2) is 0 Å². The van der Waals surface area contributed by atoms with Crippen molar-refractivity contribution < 1.29 is 39.6 Å². The minimum atomic E-state index is -0.968. The number of aliphatic carboxylic acids is 4. The molecule has 0 aromatic rings. The molecule has 12 nitrogen and oxygen atoms in total. The summed E-state index contributed by atoms with van der Waals surface area (Å²) >= 11 is 0. The zero-order chi connectivity index (χ0) is 24.4. The van der Waals surface area contributed by atoms with Crippen LogP contribution in [-0.4, -0.2) is 75.5 Å². The lowest BCUT2D eigenvalue weighted by Crippen LogP contribution is -2.36. The number of carboxylic acid groups (broad SMARTS) is 4. The Morgan fingerprint density at radius 2 is 1.40 bits per heavy atom. The van der Waals surface area contributed by atoms with Crippen molar-refractivity contribution in [2.24, 2.45) is 29.0 Å². The molecule has 0 aromatic carbocycles. The molecule has 1 fully saturated rings. The number of carbonyl (C=O) groups is 4. The van der Waals surface area contributed by atoms with Crippen molar-refractivity contribution in [1.82, 2.24) is 5.32 Å². The van der Waals surface area contributed by atoms with Gasteiger partial charge in [-0.1, -0.05) is 34.1 Å². The predicted octanol–water partition coefficient (Wildman–Crippen LogP) is -0.649. The number of rotatable bonds is 7. The summed E-state index contributed by atoms with van der Waals surface area (Å²) in [5.41, 5.74) is 15.0. The largest absolute Gasteiger partial charge is 0.480 e. The number of nitrogens with one attached hydrogen (secondary N) is 1. The number of nitrogens with two attached hydrogens (primary N) is 3. The quantitative estimate of drug-likeness (QED) is 0.247. The van der Waals surface area contributed by atoms with Crippen LogP contribution in [0, 0.1) is 11.8 Å². The Bertz CT molecular complexity index is 498. The van der Waals surface area contributed by atoms with Gasteiger partial charge in [-0.2, -0.15) is 0 Å². The topological polar surface area (TPSA) is 239 Å². The molecule has 4 atom stereocenters. The van der Waals surface area contributed by atoms with E-state index in [1.54, 1.807) is 13.8 Å². The molecule has 0 bridgehead atoms. The summed E-state index contributed by atoms with van der Waals surface area (Å²) in [5, 5.41) is 35.4. The number of hydrogen-bond acceptors (Lipinski definition) is 8. The highest BCUT2D eigenvalue weighted by atomic mass is 16.4. The van der Waals surface area contributed by atoms with Crippen LogP contribution in [0.4, 0.5) is 0 Å². The third-order valence-electron chi connectivity index (χ3n) is 4.08. The first kappa shape index (κ1) is 32.4. The molecule has 1 aliphatic rings. The molecule has 11 N–H and O–H groups in total. The Labute approximate surface area is 176 Å². The first-order valence-electron chi connectivity index (χ1n) is 9.57. The lowest BCUT2D eigenvalue weighted by molar-refractivity contribution is -0.140. The van der Waals surface area contributed by atoms with Gasteiger partial charge in [0.2, 0.25) is 0 Å². The Morgan fingerprint density at radius 3 is 1.50 bits per heavy atom. The van der Waals surface area contributed by atoms with Gasteiger partial charge in [-0.25, -0.2) is 0 Å².